The molecule has 110 valence electrons. The second kappa shape index (κ2) is 7.09. The maximum absolute atomic E-state index is 12.2. The molecule has 3 nitrogen and oxygen atoms in total. The van der Waals surface area contributed by atoms with Gasteiger partial charge in [-0.2, -0.15) is 0 Å². The molecule has 0 aliphatic carbocycles. The molecular weight excluding hydrogens is 272 g/mol. The summed E-state index contributed by atoms with van der Waals surface area (Å²) in [4.78, 5) is 14.5. The van der Waals surface area contributed by atoms with Crippen LogP contribution in [0.25, 0.3) is 0 Å². The summed E-state index contributed by atoms with van der Waals surface area (Å²) in [5.41, 5.74) is 0.960. The fourth-order valence-corrected chi connectivity index (χ4v) is 2.92. The van der Waals surface area contributed by atoms with E-state index < -0.39 is 0 Å². The van der Waals surface area contributed by atoms with E-state index in [9.17, 15) is 4.79 Å². The number of carbonyl (C=O) groups excluding carboxylic acids is 1. The number of piperidine rings is 1. The number of halogens is 1. The molecule has 4 heteroatoms. The highest BCUT2D eigenvalue weighted by Gasteiger charge is 2.25. The molecule has 0 unspecified atom stereocenters. The minimum atomic E-state index is -0.0692. The molecule has 1 aromatic carbocycles. The topological polar surface area (TPSA) is 32.3 Å². The number of hydrogen-bond acceptors (Lipinski definition) is 2. The lowest BCUT2D eigenvalue weighted by atomic mass is 9.99. The van der Waals surface area contributed by atoms with Crippen molar-refractivity contribution in [3.8, 4) is 0 Å². The van der Waals surface area contributed by atoms with Crippen LogP contribution in [0.3, 0.4) is 0 Å². The molecule has 1 fully saturated rings. The van der Waals surface area contributed by atoms with Crippen molar-refractivity contribution in [3.63, 3.8) is 0 Å². The van der Waals surface area contributed by atoms with Crippen LogP contribution in [0.15, 0.2) is 24.3 Å². The molecule has 1 saturated heterocycles. The summed E-state index contributed by atoms with van der Waals surface area (Å²) in [5.74, 6) is 0.765. The van der Waals surface area contributed by atoms with Crippen molar-refractivity contribution in [2.24, 2.45) is 5.92 Å². The Morgan fingerprint density at radius 2 is 2.25 bits per heavy atom. The van der Waals surface area contributed by atoms with Crippen molar-refractivity contribution in [3.05, 3.63) is 34.9 Å². The number of nitrogens with zero attached hydrogens (tertiary/aromatic N) is 1. The molecule has 1 amide bonds. The van der Waals surface area contributed by atoms with Gasteiger partial charge in [0.05, 0.1) is 6.04 Å². The predicted octanol–water partition coefficient (Wildman–Crippen LogP) is 3.08. The number of likely N-dealkylation sites (tertiary alicyclic amines) is 1. The minimum absolute atomic E-state index is 0.0692. The van der Waals surface area contributed by atoms with E-state index in [1.165, 1.54) is 12.8 Å². The van der Waals surface area contributed by atoms with Crippen LogP contribution in [0, 0.1) is 5.92 Å². The molecule has 0 saturated carbocycles. The molecule has 2 rings (SSSR count). The van der Waals surface area contributed by atoms with Gasteiger partial charge in [0.2, 0.25) is 5.91 Å². The van der Waals surface area contributed by atoms with E-state index in [0.717, 1.165) is 18.7 Å². The van der Waals surface area contributed by atoms with Crippen molar-refractivity contribution in [2.45, 2.75) is 39.3 Å². The zero-order valence-corrected chi connectivity index (χ0v) is 13.0. The quantitative estimate of drug-likeness (QED) is 0.925. The highest BCUT2D eigenvalue weighted by molar-refractivity contribution is 6.31. The maximum atomic E-state index is 12.2. The van der Waals surface area contributed by atoms with Gasteiger partial charge in [-0.15, -0.1) is 0 Å². The summed E-state index contributed by atoms with van der Waals surface area (Å²) in [5, 5.41) is 3.69. The molecule has 0 bridgehead atoms. The molecular formula is C16H23ClN2O. The highest BCUT2D eigenvalue weighted by Crippen LogP contribution is 2.18. The number of carbonyl (C=O) groups is 1. The number of benzene rings is 1. The molecule has 1 aromatic rings. The van der Waals surface area contributed by atoms with E-state index >= 15 is 0 Å². The lowest BCUT2D eigenvalue weighted by Gasteiger charge is -2.34. The van der Waals surface area contributed by atoms with Crippen LogP contribution >= 0.6 is 11.6 Å². The summed E-state index contributed by atoms with van der Waals surface area (Å²) < 4.78 is 0. The van der Waals surface area contributed by atoms with E-state index in [2.05, 4.69) is 17.1 Å². The average Bonchev–Trinajstić information content (AvgIpc) is 2.45. The number of amides is 1. The fourth-order valence-electron chi connectivity index (χ4n) is 2.72. The smallest absolute Gasteiger partial charge is 0.237 e. The first kappa shape index (κ1) is 15.3. The van der Waals surface area contributed by atoms with E-state index in [0.29, 0.717) is 17.5 Å². The van der Waals surface area contributed by atoms with Gasteiger partial charge in [0.25, 0.3) is 0 Å². The Morgan fingerprint density at radius 1 is 1.50 bits per heavy atom. The molecule has 1 aliphatic heterocycles. The third-order valence-electron chi connectivity index (χ3n) is 4.03. The molecule has 20 heavy (non-hydrogen) atoms. The van der Waals surface area contributed by atoms with Crippen LogP contribution in [-0.2, 0) is 11.3 Å². The molecule has 1 aliphatic rings. The van der Waals surface area contributed by atoms with Crippen LogP contribution in [0.1, 0.15) is 32.3 Å². The van der Waals surface area contributed by atoms with Crippen LogP contribution < -0.4 is 5.32 Å². The Labute approximate surface area is 126 Å². The van der Waals surface area contributed by atoms with Crippen molar-refractivity contribution in [1.82, 2.24) is 10.2 Å². The Balaban J connectivity index is 1.86. The molecule has 0 radical (unpaired) electrons. The molecule has 0 spiro atoms. The summed E-state index contributed by atoms with van der Waals surface area (Å²) in [6, 6.07) is 7.55. The first-order valence-corrected chi connectivity index (χ1v) is 7.71. The summed E-state index contributed by atoms with van der Waals surface area (Å²) >= 11 is 6.09. The van der Waals surface area contributed by atoms with Gasteiger partial charge in [-0.1, -0.05) is 36.7 Å². The van der Waals surface area contributed by atoms with Gasteiger partial charge in [0, 0.05) is 18.1 Å². The van der Waals surface area contributed by atoms with E-state index in [-0.39, 0.29) is 11.9 Å². The minimum Gasteiger partial charge on any atom is -0.351 e. The van der Waals surface area contributed by atoms with Gasteiger partial charge in [0.15, 0.2) is 0 Å². The number of rotatable bonds is 4. The summed E-state index contributed by atoms with van der Waals surface area (Å²) in [7, 11) is 0. The Hall–Kier alpha value is -1.06. The lowest BCUT2D eigenvalue weighted by molar-refractivity contribution is -0.126. The van der Waals surface area contributed by atoms with Crippen molar-refractivity contribution in [2.75, 3.05) is 13.1 Å². The predicted molar refractivity (Wildman–Crippen MR) is 82.7 cm³/mol. The van der Waals surface area contributed by atoms with Crippen molar-refractivity contribution in [1.29, 1.82) is 0 Å². The second-order valence-corrected chi connectivity index (χ2v) is 6.13. The SMILES string of the molecule is C[C@@H]1CCCN([C@H](C)C(=O)NCc2ccccc2Cl)C1. The fraction of sp³-hybridized carbons (Fsp3) is 0.562. The zero-order valence-electron chi connectivity index (χ0n) is 12.2. The Morgan fingerprint density at radius 3 is 2.95 bits per heavy atom. The standard InChI is InChI=1S/C16H23ClN2O/c1-12-6-5-9-19(11-12)13(2)16(20)18-10-14-7-3-4-8-15(14)17/h3-4,7-8,12-13H,5-6,9-11H2,1-2H3,(H,18,20)/t12-,13-/m1/s1. The third-order valence-corrected chi connectivity index (χ3v) is 4.40. The summed E-state index contributed by atoms with van der Waals surface area (Å²) in [6.45, 7) is 6.76. The monoisotopic (exact) mass is 294 g/mol. The second-order valence-electron chi connectivity index (χ2n) is 5.73. The van der Waals surface area contributed by atoms with Gasteiger partial charge in [-0.3, -0.25) is 9.69 Å². The zero-order chi connectivity index (χ0) is 14.5. The van der Waals surface area contributed by atoms with E-state index in [1.54, 1.807) is 0 Å². The summed E-state index contributed by atoms with van der Waals surface area (Å²) in [6.07, 6.45) is 2.45. The van der Waals surface area contributed by atoms with E-state index in [4.69, 9.17) is 11.6 Å². The van der Waals surface area contributed by atoms with Crippen LogP contribution in [-0.4, -0.2) is 29.9 Å². The lowest BCUT2D eigenvalue weighted by Crippen LogP contribution is -2.48. The van der Waals surface area contributed by atoms with Crippen LogP contribution in [0.5, 0.6) is 0 Å². The Kier molecular flexibility index (Phi) is 5.44. The third kappa shape index (κ3) is 3.97. The van der Waals surface area contributed by atoms with Gasteiger partial charge in [-0.05, 0) is 43.9 Å². The average molecular weight is 295 g/mol. The van der Waals surface area contributed by atoms with Gasteiger partial charge >= 0.3 is 0 Å². The van der Waals surface area contributed by atoms with Crippen LogP contribution in [0.2, 0.25) is 5.02 Å². The molecule has 1 N–H and O–H groups in total. The molecule has 1 heterocycles. The highest BCUT2D eigenvalue weighted by atomic mass is 35.5. The van der Waals surface area contributed by atoms with Gasteiger partial charge in [0.1, 0.15) is 0 Å². The number of hydrogen-bond donors (Lipinski definition) is 1. The van der Waals surface area contributed by atoms with Crippen LogP contribution in [0.4, 0.5) is 0 Å². The first-order chi connectivity index (χ1) is 9.58. The van der Waals surface area contributed by atoms with Crippen molar-refractivity contribution < 1.29 is 4.79 Å². The normalized spacial score (nSPS) is 21.4. The largest absolute Gasteiger partial charge is 0.351 e. The molecule has 0 aromatic heterocycles. The maximum Gasteiger partial charge on any atom is 0.237 e. The van der Waals surface area contributed by atoms with E-state index in [1.807, 2.05) is 31.2 Å². The number of nitrogens with one attached hydrogen (secondary N) is 1. The van der Waals surface area contributed by atoms with Crippen molar-refractivity contribution >= 4 is 17.5 Å². The molecule has 2 atom stereocenters. The van der Waals surface area contributed by atoms with Gasteiger partial charge < -0.3 is 5.32 Å². The van der Waals surface area contributed by atoms with Gasteiger partial charge in [-0.25, -0.2) is 0 Å². The first-order valence-electron chi connectivity index (χ1n) is 7.33. The Bertz CT molecular complexity index is 464.